The van der Waals surface area contributed by atoms with Crippen molar-refractivity contribution in [2.24, 2.45) is 0 Å². The smallest absolute Gasteiger partial charge is 0.370 e. The van der Waals surface area contributed by atoms with Crippen LogP contribution in [0.15, 0.2) is 16.7 Å². The van der Waals surface area contributed by atoms with Crippen LogP contribution in [0.5, 0.6) is 0 Å². The van der Waals surface area contributed by atoms with Gasteiger partial charge in [0, 0.05) is 17.2 Å². The fraction of sp³-hybridized carbons (Fsp3) is 0.500. The third-order valence-electron chi connectivity index (χ3n) is 1.85. The van der Waals surface area contributed by atoms with E-state index in [0.717, 1.165) is 10.0 Å². The van der Waals surface area contributed by atoms with Crippen LogP contribution in [-0.2, 0) is 4.74 Å². The second-order valence-electron chi connectivity index (χ2n) is 3.41. The van der Waals surface area contributed by atoms with Crippen molar-refractivity contribution < 1.29 is 17.9 Å². The van der Waals surface area contributed by atoms with Crippen LogP contribution in [0.1, 0.15) is 5.56 Å². The van der Waals surface area contributed by atoms with Crippen molar-refractivity contribution in [2.75, 3.05) is 25.1 Å². The Morgan fingerprint density at radius 3 is 2.76 bits per heavy atom. The third kappa shape index (κ3) is 5.88. The Bertz CT molecular complexity index is 371. The maximum Gasteiger partial charge on any atom is 0.411 e. The number of rotatable bonds is 5. The van der Waals surface area contributed by atoms with Gasteiger partial charge in [-0.2, -0.15) is 13.2 Å². The van der Waals surface area contributed by atoms with E-state index in [-0.39, 0.29) is 13.2 Å². The summed E-state index contributed by atoms with van der Waals surface area (Å²) < 4.78 is 40.6. The first-order valence-corrected chi connectivity index (χ1v) is 5.68. The molecule has 7 heteroatoms. The first kappa shape index (κ1) is 14.2. The van der Waals surface area contributed by atoms with E-state index in [1.165, 1.54) is 0 Å². The topological polar surface area (TPSA) is 34.2 Å². The highest BCUT2D eigenvalue weighted by Gasteiger charge is 2.27. The van der Waals surface area contributed by atoms with Crippen molar-refractivity contribution >= 4 is 21.7 Å². The molecule has 0 aliphatic heterocycles. The molecule has 0 aliphatic rings. The summed E-state index contributed by atoms with van der Waals surface area (Å²) in [5.41, 5.74) is 0.912. The van der Waals surface area contributed by atoms with Gasteiger partial charge in [0.15, 0.2) is 0 Å². The van der Waals surface area contributed by atoms with Crippen molar-refractivity contribution in [1.29, 1.82) is 0 Å². The van der Waals surface area contributed by atoms with Crippen LogP contribution in [0.25, 0.3) is 0 Å². The maximum absolute atomic E-state index is 11.8. The molecule has 17 heavy (non-hydrogen) atoms. The molecule has 3 nitrogen and oxygen atoms in total. The van der Waals surface area contributed by atoms with Gasteiger partial charge in [0.2, 0.25) is 0 Å². The summed E-state index contributed by atoms with van der Waals surface area (Å²) in [4.78, 5) is 4.09. The van der Waals surface area contributed by atoms with Crippen molar-refractivity contribution in [3.63, 3.8) is 0 Å². The molecule has 0 spiro atoms. The van der Waals surface area contributed by atoms with Gasteiger partial charge in [-0.05, 0) is 34.5 Å². The number of aryl methyl sites for hydroxylation is 1. The zero-order valence-corrected chi connectivity index (χ0v) is 10.7. The highest BCUT2D eigenvalue weighted by atomic mass is 79.9. The summed E-state index contributed by atoms with van der Waals surface area (Å²) in [6.07, 6.45) is -2.66. The zero-order chi connectivity index (χ0) is 12.9. The quantitative estimate of drug-likeness (QED) is 0.848. The number of aromatic nitrogens is 1. The van der Waals surface area contributed by atoms with Crippen molar-refractivity contribution in [1.82, 2.24) is 4.98 Å². The van der Waals surface area contributed by atoms with Gasteiger partial charge in [0.25, 0.3) is 0 Å². The fourth-order valence-corrected chi connectivity index (χ4v) is 1.60. The summed E-state index contributed by atoms with van der Waals surface area (Å²) in [5, 5.41) is 2.90. The van der Waals surface area contributed by atoms with Gasteiger partial charge in [-0.1, -0.05) is 0 Å². The highest BCUT2D eigenvalue weighted by molar-refractivity contribution is 9.10. The summed E-state index contributed by atoms with van der Waals surface area (Å²) >= 11 is 3.27. The number of hydrogen-bond acceptors (Lipinski definition) is 3. The molecule has 0 bridgehead atoms. The third-order valence-corrected chi connectivity index (χ3v) is 2.28. The Morgan fingerprint density at radius 1 is 1.47 bits per heavy atom. The molecule has 1 rings (SSSR count). The number of pyridine rings is 1. The molecule has 1 aromatic rings. The minimum Gasteiger partial charge on any atom is -0.370 e. The predicted molar refractivity (Wildman–Crippen MR) is 62.0 cm³/mol. The van der Waals surface area contributed by atoms with Gasteiger partial charge in [-0.25, -0.2) is 4.98 Å². The SMILES string of the molecule is Cc1cc(Br)cnc1NCCOCC(F)(F)F. The van der Waals surface area contributed by atoms with E-state index in [1.54, 1.807) is 6.20 Å². The molecule has 0 aromatic carbocycles. The van der Waals surface area contributed by atoms with Gasteiger partial charge in [0.1, 0.15) is 12.4 Å². The molecule has 1 aromatic heterocycles. The summed E-state index contributed by atoms with van der Waals surface area (Å²) in [6.45, 7) is 0.903. The van der Waals surface area contributed by atoms with E-state index in [2.05, 4.69) is 31.0 Å². The molecule has 0 fully saturated rings. The number of anilines is 1. The van der Waals surface area contributed by atoms with Crippen LogP contribution in [0.4, 0.5) is 19.0 Å². The molecule has 0 atom stereocenters. The number of nitrogens with zero attached hydrogens (tertiary/aromatic N) is 1. The van der Waals surface area contributed by atoms with Crippen molar-refractivity contribution in [3.05, 3.63) is 22.3 Å². The molecule has 1 heterocycles. The zero-order valence-electron chi connectivity index (χ0n) is 9.14. The summed E-state index contributed by atoms with van der Waals surface area (Å²) in [7, 11) is 0. The van der Waals surface area contributed by atoms with E-state index >= 15 is 0 Å². The predicted octanol–water partition coefficient (Wildman–Crippen LogP) is 3.14. The maximum atomic E-state index is 11.8. The lowest BCUT2D eigenvalue weighted by Gasteiger charge is -2.10. The molecule has 1 N–H and O–H groups in total. The Labute approximate surface area is 106 Å². The number of hydrogen-bond donors (Lipinski definition) is 1. The normalized spacial score (nSPS) is 11.6. The van der Waals surface area contributed by atoms with Crippen molar-refractivity contribution in [3.8, 4) is 0 Å². The van der Waals surface area contributed by atoms with Gasteiger partial charge >= 0.3 is 6.18 Å². The monoisotopic (exact) mass is 312 g/mol. The molecule has 0 saturated carbocycles. The summed E-state index contributed by atoms with van der Waals surface area (Å²) in [5.74, 6) is 0.642. The van der Waals surface area contributed by atoms with Crippen LogP contribution < -0.4 is 5.32 Å². The van der Waals surface area contributed by atoms with Gasteiger partial charge in [-0.3, -0.25) is 0 Å². The Hall–Kier alpha value is -0.820. The molecule has 0 aliphatic carbocycles. The van der Waals surface area contributed by atoms with E-state index in [0.29, 0.717) is 5.82 Å². The fourth-order valence-electron chi connectivity index (χ4n) is 1.16. The molecule has 0 saturated heterocycles. The van der Waals surface area contributed by atoms with Gasteiger partial charge in [-0.15, -0.1) is 0 Å². The lowest BCUT2D eigenvalue weighted by molar-refractivity contribution is -0.172. The lowest BCUT2D eigenvalue weighted by Crippen LogP contribution is -2.20. The largest absolute Gasteiger partial charge is 0.411 e. The molecular weight excluding hydrogens is 301 g/mol. The second kappa shape index (κ2) is 6.20. The molecule has 0 radical (unpaired) electrons. The molecule has 0 unspecified atom stereocenters. The first-order valence-electron chi connectivity index (χ1n) is 4.89. The van der Waals surface area contributed by atoms with Crippen LogP contribution in [0, 0.1) is 6.92 Å². The number of ether oxygens (including phenoxy) is 1. The first-order chi connectivity index (χ1) is 7.88. The number of nitrogens with one attached hydrogen (secondary N) is 1. The van der Waals surface area contributed by atoms with Crippen LogP contribution in [-0.4, -0.2) is 30.9 Å². The highest BCUT2D eigenvalue weighted by Crippen LogP contribution is 2.16. The van der Waals surface area contributed by atoms with Crippen molar-refractivity contribution in [2.45, 2.75) is 13.1 Å². The molecular formula is C10H12BrF3N2O. The lowest BCUT2D eigenvalue weighted by atomic mass is 10.3. The Balaban J connectivity index is 2.27. The van der Waals surface area contributed by atoms with E-state index in [4.69, 9.17) is 0 Å². The van der Waals surface area contributed by atoms with Gasteiger partial charge in [0.05, 0.1) is 6.61 Å². The molecule has 96 valence electrons. The number of halogens is 4. The van der Waals surface area contributed by atoms with Crippen LogP contribution >= 0.6 is 15.9 Å². The van der Waals surface area contributed by atoms with E-state index < -0.39 is 12.8 Å². The second-order valence-corrected chi connectivity index (χ2v) is 4.33. The minimum atomic E-state index is -4.27. The number of alkyl halides is 3. The minimum absolute atomic E-state index is 0.0172. The molecule has 0 amide bonds. The standard InChI is InChI=1S/C10H12BrF3N2O/c1-7-4-8(11)5-16-9(7)15-2-3-17-6-10(12,13)14/h4-5H,2-3,6H2,1H3,(H,15,16). The Kier molecular flexibility index (Phi) is 5.20. The van der Waals surface area contributed by atoms with E-state index in [1.807, 2.05) is 13.0 Å². The van der Waals surface area contributed by atoms with Gasteiger partial charge < -0.3 is 10.1 Å². The average Bonchev–Trinajstić information content (AvgIpc) is 2.18. The average molecular weight is 313 g/mol. The van der Waals surface area contributed by atoms with Crippen LogP contribution in [0.2, 0.25) is 0 Å². The van der Waals surface area contributed by atoms with E-state index in [9.17, 15) is 13.2 Å². The summed E-state index contributed by atoms with van der Waals surface area (Å²) in [6, 6.07) is 1.87. The Morgan fingerprint density at radius 2 is 2.18 bits per heavy atom. The van der Waals surface area contributed by atoms with Crippen LogP contribution in [0.3, 0.4) is 0 Å².